The Hall–Kier alpha value is -4.46. The fourth-order valence-electron chi connectivity index (χ4n) is 4.98. The summed E-state index contributed by atoms with van der Waals surface area (Å²) in [7, 11) is 1.64. The molecule has 6 rings (SSSR count). The number of benzene rings is 3. The van der Waals surface area contributed by atoms with Crippen molar-refractivity contribution in [3.63, 3.8) is 0 Å². The van der Waals surface area contributed by atoms with Crippen LogP contribution >= 0.6 is 0 Å². The number of fused-ring (bicyclic) bond motifs is 3. The quantitative estimate of drug-likeness (QED) is 0.292. The summed E-state index contributed by atoms with van der Waals surface area (Å²) in [5, 5.41) is 22.2. The number of hydrogen-bond acceptors (Lipinski definition) is 6. The van der Waals surface area contributed by atoms with Crippen LogP contribution in [0.4, 0.5) is 17.2 Å². The molecule has 1 aliphatic rings. The molecule has 186 valence electrons. The lowest BCUT2D eigenvalue weighted by atomic mass is 9.88. The van der Waals surface area contributed by atoms with Gasteiger partial charge in [0.2, 0.25) is 5.91 Å². The van der Waals surface area contributed by atoms with Crippen LogP contribution in [0.5, 0.6) is 5.75 Å². The Morgan fingerprint density at radius 3 is 2.30 bits per heavy atom. The van der Waals surface area contributed by atoms with Crippen LogP contribution in [-0.2, 0) is 4.79 Å². The predicted molar refractivity (Wildman–Crippen MR) is 145 cm³/mol. The summed E-state index contributed by atoms with van der Waals surface area (Å²) in [6, 6.07) is 23.4. The molecule has 0 atom stereocenters. The van der Waals surface area contributed by atoms with Gasteiger partial charge in [-0.05, 0) is 61.4 Å². The van der Waals surface area contributed by atoms with Crippen LogP contribution in [0.25, 0.3) is 27.8 Å². The smallest absolute Gasteiger partial charge is 0.227 e. The second-order valence-electron chi connectivity index (χ2n) is 9.41. The predicted octanol–water partition coefficient (Wildman–Crippen LogP) is 6.22. The van der Waals surface area contributed by atoms with Crippen LogP contribution in [0.2, 0.25) is 0 Å². The molecule has 2 N–H and O–H groups in total. The van der Waals surface area contributed by atoms with Crippen molar-refractivity contribution in [1.29, 1.82) is 0 Å². The summed E-state index contributed by atoms with van der Waals surface area (Å²) < 4.78 is 7.05. The summed E-state index contributed by atoms with van der Waals surface area (Å²) in [5.41, 5.74) is 3.24. The third-order valence-electron chi connectivity index (χ3n) is 7.00. The van der Waals surface area contributed by atoms with Crippen LogP contribution in [0.3, 0.4) is 0 Å². The van der Waals surface area contributed by atoms with Crippen LogP contribution < -0.4 is 15.4 Å². The van der Waals surface area contributed by atoms with Crippen LogP contribution in [-0.4, -0.2) is 32.8 Å². The van der Waals surface area contributed by atoms with Gasteiger partial charge in [0.25, 0.3) is 0 Å². The van der Waals surface area contributed by atoms with Gasteiger partial charge in [0.15, 0.2) is 17.3 Å². The number of rotatable bonds is 6. The highest BCUT2D eigenvalue weighted by Gasteiger charge is 2.21. The van der Waals surface area contributed by atoms with Gasteiger partial charge in [0, 0.05) is 33.6 Å². The van der Waals surface area contributed by atoms with E-state index in [1.54, 1.807) is 11.6 Å². The van der Waals surface area contributed by atoms with E-state index in [0.717, 1.165) is 59.1 Å². The molecule has 0 saturated heterocycles. The third-order valence-corrected chi connectivity index (χ3v) is 7.00. The van der Waals surface area contributed by atoms with E-state index >= 15 is 0 Å². The van der Waals surface area contributed by atoms with E-state index in [-0.39, 0.29) is 11.8 Å². The van der Waals surface area contributed by atoms with E-state index in [9.17, 15) is 4.79 Å². The summed E-state index contributed by atoms with van der Waals surface area (Å²) in [6.45, 7) is 0. The summed E-state index contributed by atoms with van der Waals surface area (Å²) >= 11 is 0. The first-order valence-electron chi connectivity index (χ1n) is 12.7. The maximum absolute atomic E-state index is 12.6. The molecule has 0 aliphatic heterocycles. The first-order valence-corrected chi connectivity index (χ1v) is 12.7. The zero-order chi connectivity index (χ0) is 25.2. The Kier molecular flexibility index (Phi) is 6.14. The maximum Gasteiger partial charge on any atom is 0.227 e. The number of carbonyl (C=O) groups is 1. The number of carbonyl (C=O) groups excluding carboxylic acids is 1. The average Bonchev–Trinajstić information content (AvgIpc) is 3.39. The SMILES string of the molecule is COc1ccc(-c2nnc3c4ccccc4c(Nc4ccc(NC(=O)C5CCCCC5)cc4)nn23)cc1. The van der Waals surface area contributed by atoms with Crippen molar-refractivity contribution in [2.75, 3.05) is 17.7 Å². The molecule has 1 amide bonds. The van der Waals surface area contributed by atoms with E-state index in [0.29, 0.717) is 17.3 Å². The number of aromatic nitrogens is 4. The molecule has 1 saturated carbocycles. The Bertz CT molecular complexity index is 1550. The Balaban J connectivity index is 1.30. The van der Waals surface area contributed by atoms with Crippen LogP contribution in [0.1, 0.15) is 32.1 Å². The van der Waals surface area contributed by atoms with Gasteiger partial charge in [0.1, 0.15) is 5.75 Å². The number of nitrogens with one attached hydrogen (secondary N) is 2. The van der Waals surface area contributed by atoms with E-state index < -0.39 is 0 Å². The fraction of sp³-hybridized carbons (Fsp3) is 0.241. The Morgan fingerprint density at radius 1 is 0.865 bits per heavy atom. The molecule has 3 aromatic carbocycles. The molecule has 2 heterocycles. The molecule has 37 heavy (non-hydrogen) atoms. The summed E-state index contributed by atoms with van der Waals surface area (Å²) in [6.07, 6.45) is 5.47. The molecular formula is C29H28N6O2. The molecule has 1 aliphatic carbocycles. The lowest BCUT2D eigenvalue weighted by Crippen LogP contribution is -2.24. The molecule has 1 fully saturated rings. The number of ether oxygens (including phenoxy) is 1. The zero-order valence-corrected chi connectivity index (χ0v) is 20.6. The molecule has 0 radical (unpaired) electrons. The number of methoxy groups -OCH3 is 1. The lowest BCUT2D eigenvalue weighted by molar-refractivity contribution is -0.120. The highest BCUT2D eigenvalue weighted by molar-refractivity contribution is 6.01. The van der Waals surface area contributed by atoms with Crippen molar-refractivity contribution < 1.29 is 9.53 Å². The zero-order valence-electron chi connectivity index (χ0n) is 20.6. The lowest BCUT2D eigenvalue weighted by Gasteiger charge is -2.20. The second kappa shape index (κ2) is 9.89. The number of amides is 1. The highest BCUT2D eigenvalue weighted by atomic mass is 16.5. The monoisotopic (exact) mass is 492 g/mol. The number of anilines is 3. The van der Waals surface area contributed by atoms with Gasteiger partial charge in [0.05, 0.1) is 7.11 Å². The molecular weight excluding hydrogens is 464 g/mol. The standard InChI is InChI=1S/C29H28N6O2/c1-37-23-17-11-19(12-18-23)27-32-33-28-25-10-6-5-9-24(25)26(34-35(27)28)30-21-13-15-22(16-14-21)31-29(36)20-7-3-2-4-8-20/h5-6,9-18,20H,2-4,7-8H2,1H3,(H,30,34)(H,31,36). The Morgan fingerprint density at radius 2 is 1.57 bits per heavy atom. The van der Waals surface area contributed by atoms with Crippen molar-refractivity contribution in [3.05, 3.63) is 72.8 Å². The largest absolute Gasteiger partial charge is 0.497 e. The van der Waals surface area contributed by atoms with Crippen molar-refractivity contribution in [2.45, 2.75) is 32.1 Å². The number of hydrogen-bond donors (Lipinski definition) is 2. The number of nitrogens with zero attached hydrogens (tertiary/aromatic N) is 4. The van der Waals surface area contributed by atoms with Gasteiger partial charge < -0.3 is 15.4 Å². The molecule has 8 heteroatoms. The van der Waals surface area contributed by atoms with Gasteiger partial charge >= 0.3 is 0 Å². The first-order chi connectivity index (χ1) is 18.2. The van der Waals surface area contributed by atoms with Crippen LogP contribution in [0.15, 0.2) is 72.8 Å². The molecule has 2 aromatic heterocycles. The van der Waals surface area contributed by atoms with Crippen LogP contribution in [0, 0.1) is 5.92 Å². The summed E-state index contributed by atoms with van der Waals surface area (Å²) in [4.78, 5) is 12.6. The molecule has 0 bridgehead atoms. The van der Waals surface area contributed by atoms with Gasteiger partial charge in [-0.25, -0.2) is 0 Å². The first kappa shape index (κ1) is 23.0. The molecule has 0 unspecified atom stereocenters. The highest BCUT2D eigenvalue weighted by Crippen LogP contribution is 2.30. The normalized spacial score (nSPS) is 14.1. The van der Waals surface area contributed by atoms with Crippen molar-refractivity contribution in [2.24, 2.45) is 5.92 Å². The average molecular weight is 493 g/mol. The topological polar surface area (TPSA) is 93.4 Å². The minimum Gasteiger partial charge on any atom is -0.497 e. The van der Waals surface area contributed by atoms with E-state index in [1.807, 2.05) is 72.8 Å². The third kappa shape index (κ3) is 4.58. The van der Waals surface area contributed by atoms with Gasteiger partial charge in [-0.15, -0.1) is 15.3 Å². The van der Waals surface area contributed by atoms with Crippen molar-refractivity contribution in [3.8, 4) is 17.1 Å². The van der Waals surface area contributed by atoms with Crippen molar-refractivity contribution >= 4 is 39.5 Å². The molecule has 8 nitrogen and oxygen atoms in total. The van der Waals surface area contributed by atoms with Gasteiger partial charge in [-0.3, -0.25) is 4.79 Å². The van der Waals surface area contributed by atoms with Gasteiger partial charge in [-0.2, -0.15) is 4.52 Å². The Labute approximate surface area is 214 Å². The molecule has 0 spiro atoms. The van der Waals surface area contributed by atoms with E-state index in [1.165, 1.54) is 6.42 Å². The van der Waals surface area contributed by atoms with E-state index in [2.05, 4.69) is 20.8 Å². The second-order valence-corrected chi connectivity index (χ2v) is 9.41. The van der Waals surface area contributed by atoms with Gasteiger partial charge in [-0.1, -0.05) is 43.5 Å². The summed E-state index contributed by atoms with van der Waals surface area (Å²) in [5.74, 6) is 2.36. The fourth-order valence-corrected chi connectivity index (χ4v) is 4.98. The van der Waals surface area contributed by atoms with Crippen molar-refractivity contribution in [1.82, 2.24) is 19.8 Å². The minimum absolute atomic E-state index is 0.122. The van der Waals surface area contributed by atoms with E-state index in [4.69, 9.17) is 9.84 Å². The molecule has 5 aromatic rings. The maximum atomic E-state index is 12.6. The minimum atomic E-state index is 0.122.